The van der Waals surface area contributed by atoms with Gasteiger partial charge in [-0.05, 0) is 127 Å². The topological polar surface area (TPSA) is 96.2 Å². The molecule has 0 unspecified atom stereocenters. The third-order valence-electron chi connectivity index (χ3n) is 5.50. The SMILES string of the molecule is CN(C)P(=N[PH+](N=P(N(C)C)(N(C)C)N(C)C)N=P(N(C)C)(N(C)C)N(C)C)(N(C)C)N(C)C.[OH-]. The first-order chi connectivity index (χ1) is 15.3. The molecule has 35 heavy (non-hydrogen) atoms. The quantitative estimate of drug-likeness (QED) is 0.318. The minimum atomic E-state index is -2.21. The Morgan fingerprint density at radius 3 is 0.514 bits per heavy atom. The van der Waals surface area contributed by atoms with Crippen LogP contribution in [0.15, 0.2) is 13.5 Å². The van der Waals surface area contributed by atoms with Gasteiger partial charge in [0.25, 0.3) is 0 Å². The highest BCUT2D eigenvalue weighted by atomic mass is 31.2. The van der Waals surface area contributed by atoms with E-state index in [-0.39, 0.29) is 5.48 Å². The average Bonchev–Trinajstić information content (AvgIpc) is 2.64. The van der Waals surface area contributed by atoms with Crippen molar-refractivity contribution >= 4 is 30.9 Å². The second-order valence-corrected chi connectivity index (χ2v) is 23.3. The fourth-order valence-electron chi connectivity index (χ4n) is 4.44. The summed E-state index contributed by atoms with van der Waals surface area (Å²) >= 11 is 0. The largest absolute Gasteiger partial charge is 0.870 e. The molecule has 17 heteroatoms. The van der Waals surface area contributed by atoms with Crippen molar-refractivity contribution in [3.8, 4) is 0 Å². The van der Waals surface area contributed by atoms with E-state index in [1.165, 1.54) is 0 Å². The highest BCUT2D eigenvalue weighted by Gasteiger charge is 2.41. The summed E-state index contributed by atoms with van der Waals surface area (Å²) in [6, 6.07) is 0. The molecule has 0 saturated carbocycles. The van der Waals surface area contributed by atoms with Crippen LogP contribution in [0.4, 0.5) is 0 Å². The number of hydrogen-bond donors (Lipinski definition) is 0. The van der Waals surface area contributed by atoms with Gasteiger partial charge in [0.05, 0.1) is 0 Å². The van der Waals surface area contributed by atoms with Crippen molar-refractivity contribution in [3.63, 3.8) is 0 Å². The van der Waals surface area contributed by atoms with Crippen LogP contribution >= 0.6 is 30.9 Å². The Balaban J connectivity index is 0. The van der Waals surface area contributed by atoms with Crippen molar-refractivity contribution in [2.45, 2.75) is 0 Å². The molecular formula is C18H56N12OP4. The van der Waals surface area contributed by atoms with Gasteiger partial charge in [-0.15, -0.1) is 0 Å². The molecule has 0 amide bonds. The van der Waals surface area contributed by atoms with E-state index in [0.29, 0.717) is 0 Å². The molecule has 0 heterocycles. The fourth-order valence-corrected chi connectivity index (χ4v) is 21.8. The molecule has 0 aromatic rings. The molecule has 0 saturated heterocycles. The summed E-state index contributed by atoms with van der Waals surface area (Å²) < 4.78 is 37.0. The molecule has 1 N–H and O–H groups in total. The second-order valence-electron chi connectivity index (χ2n) is 9.83. The van der Waals surface area contributed by atoms with E-state index < -0.39 is 30.9 Å². The standard InChI is InChI=1S/C18H54N12P4.H2O/c1-22(2)32(23(3)4,24(5)6)19-31(20-33(25(7)8,26(9)10)27(11)12)21-34(28(13)14,29(15)16)30(17)18;/h1-18H3;1H2. The van der Waals surface area contributed by atoms with Crippen LogP contribution in [0.1, 0.15) is 0 Å². The molecule has 0 aromatic carbocycles. The van der Waals surface area contributed by atoms with Crippen molar-refractivity contribution in [2.75, 3.05) is 127 Å². The van der Waals surface area contributed by atoms with Gasteiger partial charge in [0.1, 0.15) is 0 Å². The van der Waals surface area contributed by atoms with Gasteiger partial charge in [0, 0.05) is 0 Å². The average molecular weight is 581 g/mol. The molecule has 0 aliphatic heterocycles. The van der Waals surface area contributed by atoms with E-state index in [1.54, 1.807) is 0 Å². The maximum absolute atomic E-state index is 5.62. The number of rotatable bonds is 12. The Hall–Kier alpha value is 0.720. The molecule has 0 aliphatic carbocycles. The lowest BCUT2D eigenvalue weighted by molar-refractivity contribution is 0.473. The van der Waals surface area contributed by atoms with E-state index in [1.807, 2.05) is 0 Å². The molecular weight excluding hydrogens is 524 g/mol. The Morgan fingerprint density at radius 1 is 0.314 bits per heavy atom. The van der Waals surface area contributed by atoms with Gasteiger partial charge in [-0.25, -0.2) is 42.0 Å². The smallest absolute Gasteiger partial charge is 0.360 e. The van der Waals surface area contributed by atoms with Gasteiger partial charge in [-0.3, -0.25) is 0 Å². The first-order valence-electron chi connectivity index (χ1n) is 11.1. The van der Waals surface area contributed by atoms with Gasteiger partial charge in [0.15, 0.2) is 0 Å². The summed E-state index contributed by atoms with van der Waals surface area (Å²) in [6.45, 7) is 0. The first-order valence-corrected chi connectivity index (χ1v) is 17.3. The van der Waals surface area contributed by atoms with E-state index >= 15 is 0 Å². The summed E-state index contributed by atoms with van der Waals surface area (Å²) in [6.07, 6.45) is 0. The Bertz CT molecular complexity index is 619. The van der Waals surface area contributed by atoms with Crippen LogP contribution in [0, 0.1) is 0 Å². The van der Waals surface area contributed by atoms with Gasteiger partial charge < -0.3 is 5.48 Å². The van der Waals surface area contributed by atoms with Crippen LogP contribution in [0.2, 0.25) is 0 Å². The highest BCUT2D eigenvalue weighted by Crippen LogP contribution is 2.72. The van der Waals surface area contributed by atoms with Crippen LogP contribution in [-0.2, 0) is 0 Å². The Kier molecular flexibility index (Phi) is 16.0. The second kappa shape index (κ2) is 14.8. The van der Waals surface area contributed by atoms with Crippen molar-refractivity contribution in [2.24, 2.45) is 13.5 Å². The normalized spacial score (nSPS) is 14.1. The van der Waals surface area contributed by atoms with Crippen molar-refractivity contribution in [1.29, 1.82) is 0 Å². The third-order valence-corrected chi connectivity index (χ3v) is 20.5. The van der Waals surface area contributed by atoms with Crippen LogP contribution in [-0.4, -0.2) is 174 Å². The highest BCUT2D eigenvalue weighted by molar-refractivity contribution is 7.76. The van der Waals surface area contributed by atoms with Gasteiger partial charge in [0.2, 0.25) is 22.5 Å². The molecule has 0 aliphatic rings. The maximum atomic E-state index is 5.62. The lowest BCUT2D eigenvalue weighted by Crippen LogP contribution is -2.31. The minimum absolute atomic E-state index is 0. The number of nitrogens with zero attached hydrogens (tertiary/aromatic N) is 12. The molecule has 13 nitrogen and oxygen atoms in total. The molecule has 0 aromatic heterocycles. The lowest BCUT2D eigenvalue weighted by atomic mass is 11.2. The third kappa shape index (κ3) is 7.65. The van der Waals surface area contributed by atoms with E-state index in [4.69, 9.17) is 13.5 Å². The molecule has 0 atom stereocenters. The molecule has 0 radical (unpaired) electrons. The zero-order valence-corrected chi connectivity index (χ0v) is 29.3. The lowest BCUT2D eigenvalue weighted by Gasteiger charge is -2.42. The van der Waals surface area contributed by atoms with E-state index in [2.05, 4.69) is 169 Å². The molecule has 214 valence electrons. The summed E-state index contributed by atoms with van der Waals surface area (Å²) in [5.74, 6) is 0. The van der Waals surface area contributed by atoms with E-state index in [9.17, 15) is 0 Å². The summed E-state index contributed by atoms with van der Waals surface area (Å²) in [7, 11) is 29.3. The van der Waals surface area contributed by atoms with Crippen LogP contribution in [0.5, 0.6) is 0 Å². The van der Waals surface area contributed by atoms with Gasteiger partial charge >= 0.3 is 8.37 Å². The molecule has 0 spiro atoms. The summed E-state index contributed by atoms with van der Waals surface area (Å²) in [5.41, 5.74) is 0. The van der Waals surface area contributed by atoms with Gasteiger partial charge in [-0.1, -0.05) is 13.5 Å². The van der Waals surface area contributed by atoms with E-state index in [0.717, 1.165) is 0 Å². The van der Waals surface area contributed by atoms with Crippen molar-refractivity contribution in [1.82, 2.24) is 42.0 Å². The van der Waals surface area contributed by atoms with Gasteiger partial charge in [-0.2, -0.15) is 0 Å². The molecule has 0 bridgehead atoms. The predicted octanol–water partition coefficient (Wildman–Crippen LogP) is 3.66. The summed E-state index contributed by atoms with van der Waals surface area (Å²) in [5, 5.41) is 0. The minimum Gasteiger partial charge on any atom is -0.870 e. The van der Waals surface area contributed by atoms with Crippen LogP contribution in [0.3, 0.4) is 0 Å². The Morgan fingerprint density at radius 2 is 0.429 bits per heavy atom. The molecule has 0 fully saturated rings. The predicted molar refractivity (Wildman–Crippen MR) is 161 cm³/mol. The number of hydrogen-bond acceptors (Lipinski definition) is 4. The van der Waals surface area contributed by atoms with Crippen molar-refractivity contribution < 1.29 is 5.48 Å². The molecule has 0 rings (SSSR count). The van der Waals surface area contributed by atoms with Crippen molar-refractivity contribution in [3.05, 3.63) is 0 Å². The zero-order chi connectivity index (χ0) is 27.4. The monoisotopic (exact) mass is 580 g/mol. The van der Waals surface area contributed by atoms with Crippen LogP contribution in [0.25, 0.3) is 0 Å². The zero-order valence-electron chi connectivity index (χ0n) is 25.7. The van der Waals surface area contributed by atoms with Crippen LogP contribution < -0.4 is 0 Å². The fraction of sp³-hybridized carbons (Fsp3) is 1.00. The first kappa shape index (κ1) is 37.9. The maximum Gasteiger partial charge on any atom is 0.360 e. The Labute approximate surface area is 218 Å². The summed E-state index contributed by atoms with van der Waals surface area (Å²) in [4.78, 5) is 0.